The highest BCUT2D eigenvalue weighted by Gasteiger charge is 2.42. The van der Waals surface area contributed by atoms with Crippen molar-refractivity contribution in [2.75, 3.05) is 130 Å². The molecule has 21 nitrogen and oxygen atoms in total. The van der Waals surface area contributed by atoms with Gasteiger partial charge in [-0.2, -0.15) is 5.10 Å². The van der Waals surface area contributed by atoms with Gasteiger partial charge in [0.1, 0.15) is 18.1 Å². The summed E-state index contributed by atoms with van der Waals surface area (Å²) >= 11 is 7.58. The van der Waals surface area contributed by atoms with Gasteiger partial charge in [0.2, 0.25) is 17.7 Å². The van der Waals surface area contributed by atoms with E-state index >= 15 is 0 Å². The van der Waals surface area contributed by atoms with Crippen molar-refractivity contribution in [1.29, 1.82) is 0 Å². The van der Waals surface area contributed by atoms with Crippen LogP contribution in [0.3, 0.4) is 0 Å². The third-order valence-corrected chi connectivity index (χ3v) is 14.9. The molecule has 1 unspecified atom stereocenters. The van der Waals surface area contributed by atoms with E-state index in [9.17, 15) is 19.2 Å². The SMILES string of the molecule is C=C/C=C(\C=C)CNC(=O)C(c1ccc(Cl)c(C)n1)N(C(=O)CCc1ccc(OCCCCN(C)CCOCCOCC/C(C=NCCOCCOc2ccc(NC(=O)Nc3nc(CC(=O)N4CCN(C)CC4)cs3)cc2)=N/N)cc1)C1CC1. The van der Waals surface area contributed by atoms with Crippen molar-refractivity contribution < 1.29 is 42.9 Å². The second-order valence-electron chi connectivity index (χ2n) is 20.3. The molecule has 2 fully saturated rings. The van der Waals surface area contributed by atoms with Crippen LogP contribution in [0.4, 0.5) is 15.6 Å². The number of hydrogen-bond donors (Lipinski definition) is 4. The van der Waals surface area contributed by atoms with Gasteiger partial charge in [-0.1, -0.05) is 55.1 Å². The Bertz CT molecular complexity index is 2800. The number of hydrogen-bond acceptors (Lipinski definition) is 17. The molecule has 1 atom stereocenters. The summed E-state index contributed by atoms with van der Waals surface area (Å²) in [5, 5.41) is 15.0. The first kappa shape index (κ1) is 66.1. The number of rotatable bonds is 38. The number of aromatic nitrogens is 2. The molecule has 0 radical (unpaired) electrons. The lowest BCUT2D eigenvalue weighted by Crippen LogP contribution is -2.47. The zero-order valence-corrected chi connectivity index (χ0v) is 50.4. The lowest BCUT2D eigenvalue weighted by atomic mass is 10.1. The number of halogens is 1. The van der Waals surface area contributed by atoms with Gasteiger partial charge in [-0.25, -0.2) is 9.78 Å². The topological polar surface area (TPSA) is 240 Å². The van der Waals surface area contributed by atoms with E-state index in [0.717, 1.165) is 68.7 Å². The minimum atomic E-state index is -0.900. The molecule has 5 N–H and O–H groups in total. The summed E-state index contributed by atoms with van der Waals surface area (Å²) in [5.41, 5.74) is 4.71. The average molecular weight is 1200 g/mol. The quantitative estimate of drug-likeness (QED) is 0.0112. The Labute approximate surface area is 503 Å². The van der Waals surface area contributed by atoms with E-state index in [2.05, 4.69) is 66.0 Å². The van der Waals surface area contributed by atoms with Gasteiger partial charge in [-0.3, -0.25) is 29.7 Å². The van der Waals surface area contributed by atoms with Gasteiger partial charge in [0.15, 0.2) is 11.2 Å². The van der Waals surface area contributed by atoms with E-state index in [-0.39, 0.29) is 43.1 Å². The van der Waals surface area contributed by atoms with Crippen LogP contribution < -0.4 is 31.3 Å². The van der Waals surface area contributed by atoms with Gasteiger partial charge < -0.3 is 59.8 Å². The van der Waals surface area contributed by atoms with Crippen LogP contribution in [-0.4, -0.2) is 191 Å². The number of aryl methyl sites for hydroxylation is 2. The van der Waals surface area contributed by atoms with Gasteiger partial charge in [0.25, 0.3) is 0 Å². The maximum Gasteiger partial charge on any atom is 0.325 e. The highest BCUT2D eigenvalue weighted by atomic mass is 35.5. The minimum Gasteiger partial charge on any atom is -0.494 e. The van der Waals surface area contributed by atoms with E-state index in [0.29, 0.717) is 130 Å². The Morgan fingerprint density at radius 3 is 2.25 bits per heavy atom. The number of thiazole rings is 1. The summed E-state index contributed by atoms with van der Waals surface area (Å²) in [4.78, 5) is 74.4. The maximum absolute atomic E-state index is 14.0. The van der Waals surface area contributed by atoms with Crippen molar-refractivity contribution in [2.24, 2.45) is 15.9 Å². The number of amides is 5. The van der Waals surface area contributed by atoms with E-state index in [1.807, 2.05) is 36.2 Å². The van der Waals surface area contributed by atoms with Crippen molar-refractivity contribution in [2.45, 2.75) is 70.4 Å². The number of benzene rings is 2. The molecule has 454 valence electrons. The molecule has 1 saturated heterocycles. The summed E-state index contributed by atoms with van der Waals surface area (Å²) in [6.45, 7) is 18.5. The Hall–Kier alpha value is -7.05. The maximum atomic E-state index is 14.0. The van der Waals surface area contributed by atoms with Crippen molar-refractivity contribution in [1.82, 2.24) is 34.9 Å². The number of urea groups is 1. The van der Waals surface area contributed by atoms with Gasteiger partial charge in [0.05, 0.1) is 87.0 Å². The third-order valence-electron chi connectivity index (χ3n) is 13.7. The van der Waals surface area contributed by atoms with Crippen LogP contribution in [0.2, 0.25) is 5.02 Å². The fourth-order valence-corrected chi connectivity index (χ4v) is 9.55. The molecule has 5 amide bonds. The predicted molar refractivity (Wildman–Crippen MR) is 332 cm³/mol. The molecular formula is C61H83ClN12O9S. The molecule has 23 heteroatoms. The normalized spacial score (nSPS) is 14.3. The van der Waals surface area contributed by atoms with Crippen LogP contribution in [0.1, 0.15) is 67.2 Å². The first-order valence-electron chi connectivity index (χ1n) is 28.6. The van der Waals surface area contributed by atoms with Gasteiger partial charge in [-0.05, 0) is 119 Å². The number of nitrogens with two attached hydrogens (primary N) is 1. The predicted octanol–water partition coefficient (Wildman–Crippen LogP) is 7.54. The Balaban J connectivity index is 0.737. The number of likely N-dealkylation sites (N-methyl/N-ethyl adjacent to an activating group) is 2. The Kier molecular flexibility index (Phi) is 28.8. The highest BCUT2D eigenvalue weighted by molar-refractivity contribution is 7.14. The molecule has 0 bridgehead atoms. The zero-order valence-electron chi connectivity index (χ0n) is 48.8. The van der Waals surface area contributed by atoms with Crippen LogP contribution >= 0.6 is 22.9 Å². The molecule has 84 heavy (non-hydrogen) atoms. The standard InChI is InChI=1S/C61H83ClN12O9S/c1-6-10-46(7-2)42-65-59(77)58(55-23-22-54(62)45(3)66-55)74(51-16-17-51)56(75)24-13-47-11-18-52(19-12-47)82-33-9-8-27-71(4)32-36-81-38-37-79-34-25-49(70-63)43-64-26-35-80-39-40-83-53-20-14-48(15-21-53)67-60(78)69-61-68-50(44-84-61)41-57(76)73-30-28-72(5)29-31-73/h6-7,10-12,14-15,18-23,43-44,51,58H,1-2,8-9,13,16-17,24-42,63H2,3-5H3,(H,65,77)(H2,67,68,69,78)/b46-10+,64-43?,70-49-. The van der Waals surface area contributed by atoms with Crippen LogP contribution in [-0.2, 0) is 41.4 Å². The van der Waals surface area contributed by atoms with Gasteiger partial charge in [-0.15, -0.1) is 11.3 Å². The Morgan fingerprint density at radius 1 is 0.845 bits per heavy atom. The number of unbranched alkanes of at least 4 members (excludes halogenated alkanes) is 1. The molecule has 4 aromatic rings. The monoisotopic (exact) mass is 1190 g/mol. The average Bonchev–Trinajstić information content (AvgIpc) is 4.28. The summed E-state index contributed by atoms with van der Waals surface area (Å²) in [5.74, 6) is 6.61. The van der Waals surface area contributed by atoms with Crippen LogP contribution in [0.25, 0.3) is 0 Å². The molecule has 1 saturated carbocycles. The third kappa shape index (κ3) is 23.9. The molecular weight excluding hydrogens is 1110 g/mol. The lowest BCUT2D eigenvalue weighted by Gasteiger charge is -2.32. The number of nitrogens with one attached hydrogen (secondary N) is 3. The Morgan fingerprint density at radius 2 is 1.55 bits per heavy atom. The lowest BCUT2D eigenvalue weighted by molar-refractivity contribution is -0.141. The highest BCUT2D eigenvalue weighted by Crippen LogP contribution is 2.36. The van der Waals surface area contributed by atoms with E-state index in [1.54, 1.807) is 78.0 Å². The summed E-state index contributed by atoms with van der Waals surface area (Å²) in [7, 11) is 4.12. The van der Waals surface area contributed by atoms with Gasteiger partial charge >= 0.3 is 6.03 Å². The molecule has 2 aliphatic rings. The van der Waals surface area contributed by atoms with Crippen molar-refractivity contribution in [3.63, 3.8) is 0 Å². The number of nitrogens with zero attached hydrogens (tertiary/aromatic N) is 8. The fourth-order valence-electron chi connectivity index (χ4n) is 8.74. The molecule has 1 aliphatic heterocycles. The smallest absolute Gasteiger partial charge is 0.325 e. The molecule has 2 aromatic carbocycles. The summed E-state index contributed by atoms with van der Waals surface area (Å²) < 4.78 is 29.0. The summed E-state index contributed by atoms with van der Waals surface area (Å²) in [6, 6.07) is 16.9. The van der Waals surface area contributed by atoms with E-state index in [4.69, 9.17) is 41.1 Å². The number of hydrazone groups is 1. The van der Waals surface area contributed by atoms with Crippen LogP contribution in [0.15, 0.2) is 113 Å². The zero-order chi connectivity index (χ0) is 59.9. The number of allylic oxidation sites excluding steroid dienone is 2. The minimum absolute atomic E-state index is 0.0409. The number of carbonyl (C=O) groups excluding carboxylic acids is 4. The largest absolute Gasteiger partial charge is 0.494 e. The van der Waals surface area contributed by atoms with E-state index < -0.39 is 12.1 Å². The first-order chi connectivity index (χ1) is 40.8. The van der Waals surface area contributed by atoms with Crippen LogP contribution in [0, 0.1) is 6.92 Å². The molecule has 0 spiro atoms. The summed E-state index contributed by atoms with van der Waals surface area (Å²) in [6.07, 6.45) is 11.7. The van der Waals surface area contributed by atoms with Gasteiger partial charge in [0, 0.05) is 75.4 Å². The van der Waals surface area contributed by atoms with Crippen molar-refractivity contribution in [3.05, 3.63) is 131 Å². The molecule has 2 aromatic heterocycles. The second kappa shape index (κ2) is 36.6. The van der Waals surface area contributed by atoms with Crippen molar-refractivity contribution >= 4 is 69.4 Å². The number of pyridine rings is 1. The number of carbonyl (C=O) groups is 4. The van der Waals surface area contributed by atoms with Crippen LogP contribution in [0.5, 0.6) is 11.5 Å². The fraction of sp³-hybridized carbons (Fsp3) is 0.475. The number of anilines is 2. The second-order valence-corrected chi connectivity index (χ2v) is 21.6. The number of ether oxygens (including phenoxy) is 5. The first-order valence-corrected chi connectivity index (χ1v) is 29.9. The van der Waals surface area contributed by atoms with E-state index in [1.165, 1.54) is 11.3 Å². The number of piperazine rings is 1. The van der Waals surface area contributed by atoms with Crippen molar-refractivity contribution in [3.8, 4) is 11.5 Å². The number of aliphatic imine (C=N–C) groups is 1. The molecule has 6 rings (SSSR count). The molecule has 1 aliphatic carbocycles. The molecule has 3 heterocycles.